The normalized spacial score (nSPS) is 13.0. The highest BCUT2D eigenvalue weighted by atomic mass is 16.2. The van der Waals surface area contributed by atoms with Gasteiger partial charge in [-0.2, -0.15) is 0 Å². The van der Waals surface area contributed by atoms with Gasteiger partial charge in [-0.25, -0.2) is 0 Å². The van der Waals surface area contributed by atoms with E-state index in [1.165, 1.54) is 11.1 Å². The predicted molar refractivity (Wildman–Crippen MR) is 118 cm³/mol. The molecule has 0 unspecified atom stereocenters. The van der Waals surface area contributed by atoms with E-state index in [-0.39, 0.29) is 17.9 Å². The molecule has 0 radical (unpaired) electrons. The Morgan fingerprint density at radius 3 is 2.03 bits per heavy atom. The summed E-state index contributed by atoms with van der Waals surface area (Å²) in [6, 6.07) is 15.9. The number of benzene rings is 2. The molecule has 29 heavy (non-hydrogen) atoms. The maximum Gasteiger partial charge on any atom is 0.279 e. The van der Waals surface area contributed by atoms with Crippen LogP contribution >= 0.6 is 0 Å². The summed E-state index contributed by atoms with van der Waals surface area (Å²) in [6.45, 7) is 9.14. The molecule has 5 nitrogen and oxygen atoms in total. The Balaban J connectivity index is 1.96. The maximum absolute atomic E-state index is 12.4. The van der Waals surface area contributed by atoms with Crippen LogP contribution in [-0.2, 0) is 4.79 Å². The summed E-state index contributed by atoms with van der Waals surface area (Å²) in [5.41, 5.74) is 3.86. The van der Waals surface area contributed by atoms with Crippen molar-refractivity contribution in [2.45, 2.75) is 46.1 Å². The molecule has 0 aliphatic carbocycles. The minimum absolute atomic E-state index is 0.0560. The monoisotopic (exact) mass is 396 g/mol. The molecule has 2 rings (SSSR count). The SMILES string of the molecule is CC[C@@H](C)c1ccc([C@H]([NH2+]CC(=O)Nc2ccc(C(=O)NC)cc2)C(C)C)cc1. The highest BCUT2D eigenvalue weighted by molar-refractivity contribution is 5.95. The van der Waals surface area contributed by atoms with E-state index < -0.39 is 0 Å². The van der Waals surface area contributed by atoms with Crippen molar-refractivity contribution in [2.75, 3.05) is 18.9 Å². The van der Waals surface area contributed by atoms with E-state index in [1.807, 2.05) is 0 Å². The molecule has 2 aromatic rings. The molecule has 0 saturated heterocycles. The summed E-state index contributed by atoms with van der Waals surface area (Å²) in [7, 11) is 1.59. The van der Waals surface area contributed by atoms with Crippen LogP contribution in [-0.4, -0.2) is 25.4 Å². The summed E-state index contributed by atoms with van der Waals surface area (Å²) in [5.74, 6) is 0.769. The predicted octanol–water partition coefficient (Wildman–Crippen LogP) is 3.46. The van der Waals surface area contributed by atoms with Crippen LogP contribution in [0.1, 0.15) is 67.6 Å². The average Bonchev–Trinajstić information content (AvgIpc) is 2.73. The molecular formula is C24H34N3O2+. The average molecular weight is 397 g/mol. The molecule has 0 bridgehead atoms. The van der Waals surface area contributed by atoms with Gasteiger partial charge < -0.3 is 16.0 Å². The quantitative estimate of drug-likeness (QED) is 0.607. The molecule has 0 spiro atoms. The van der Waals surface area contributed by atoms with Gasteiger partial charge in [0.1, 0.15) is 6.04 Å². The van der Waals surface area contributed by atoms with E-state index in [0.29, 0.717) is 29.6 Å². The number of rotatable bonds is 9. The number of nitrogens with one attached hydrogen (secondary N) is 2. The first-order valence-electron chi connectivity index (χ1n) is 10.4. The summed E-state index contributed by atoms with van der Waals surface area (Å²) in [6.07, 6.45) is 1.13. The minimum Gasteiger partial charge on any atom is -0.355 e. The van der Waals surface area contributed by atoms with Crippen LogP contribution in [0.5, 0.6) is 0 Å². The number of hydrogen-bond acceptors (Lipinski definition) is 2. The van der Waals surface area contributed by atoms with Crippen LogP contribution in [0.3, 0.4) is 0 Å². The molecule has 2 atom stereocenters. The summed E-state index contributed by atoms with van der Waals surface area (Å²) >= 11 is 0. The van der Waals surface area contributed by atoms with E-state index in [0.717, 1.165) is 6.42 Å². The number of amides is 2. The van der Waals surface area contributed by atoms with Gasteiger partial charge in [-0.05, 0) is 42.2 Å². The third kappa shape index (κ3) is 6.43. The minimum atomic E-state index is -0.143. The van der Waals surface area contributed by atoms with Crippen LogP contribution in [0.4, 0.5) is 5.69 Å². The van der Waals surface area contributed by atoms with Crippen LogP contribution in [0, 0.1) is 5.92 Å². The van der Waals surface area contributed by atoms with Crippen molar-refractivity contribution in [3.05, 3.63) is 65.2 Å². The Labute approximate surface area is 174 Å². The first-order chi connectivity index (χ1) is 13.8. The van der Waals surface area contributed by atoms with Crippen LogP contribution in [0.15, 0.2) is 48.5 Å². The Hall–Kier alpha value is -2.66. The van der Waals surface area contributed by atoms with Gasteiger partial charge in [0.2, 0.25) is 0 Å². The number of carbonyl (C=O) groups excluding carboxylic acids is 2. The zero-order valence-corrected chi connectivity index (χ0v) is 18.2. The molecule has 0 aliphatic rings. The number of nitrogens with two attached hydrogens (primary N) is 1. The van der Waals surface area contributed by atoms with E-state index in [4.69, 9.17) is 0 Å². The number of anilines is 1. The van der Waals surface area contributed by atoms with Gasteiger partial charge >= 0.3 is 0 Å². The Morgan fingerprint density at radius 2 is 1.52 bits per heavy atom. The molecule has 0 aliphatic heterocycles. The van der Waals surface area contributed by atoms with Crippen LogP contribution in [0.25, 0.3) is 0 Å². The van der Waals surface area contributed by atoms with Gasteiger partial charge in [0.05, 0.1) is 0 Å². The van der Waals surface area contributed by atoms with Gasteiger partial charge in [0.25, 0.3) is 11.8 Å². The van der Waals surface area contributed by atoms with E-state index in [1.54, 1.807) is 31.3 Å². The van der Waals surface area contributed by atoms with Gasteiger partial charge in [0.15, 0.2) is 6.54 Å². The first kappa shape index (κ1) is 22.6. The molecule has 0 saturated carbocycles. The van der Waals surface area contributed by atoms with Crippen molar-refractivity contribution in [1.29, 1.82) is 0 Å². The molecular weight excluding hydrogens is 362 g/mol. The van der Waals surface area contributed by atoms with E-state index >= 15 is 0 Å². The Kier molecular flexibility index (Phi) is 8.40. The molecule has 0 aromatic heterocycles. The molecule has 2 amide bonds. The summed E-state index contributed by atoms with van der Waals surface area (Å²) in [4.78, 5) is 24.0. The molecule has 0 fully saturated rings. The number of carbonyl (C=O) groups is 2. The molecule has 156 valence electrons. The second-order valence-electron chi connectivity index (χ2n) is 7.89. The maximum atomic E-state index is 12.4. The van der Waals surface area contributed by atoms with Crippen molar-refractivity contribution in [3.63, 3.8) is 0 Å². The van der Waals surface area contributed by atoms with Crippen LogP contribution in [0.2, 0.25) is 0 Å². The van der Waals surface area contributed by atoms with Gasteiger partial charge in [0, 0.05) is 29.8 Å². The van der Waals surface area contributed by atoms with Crippen molar-refractivity contribution >= 4 is 17.5 Å². The molecule has 0 heterocycles. The Bertz CT molecular complexity index is 798. The largest absolute Gasteiger partial charge is 0.355 e. The number of quaternary nitrogens is 1. The zero-order valence-electron chi connectivity index (χ0n) is 18.2. The van der Waals surface area contributed by atoms with Crippen molar-refractivity contribution < 1.29 is 14.9 Å². The van der Waals surface area contributed by atoms with E-state index in [9.17, 15) is 9.59 Å². The second-order valence-corrected chi connectivity index (χ2v) is 7.89. The lowest BCUT2D eigenvalue weighted by atomic mass is 9.92. The third-order valence-electron chi connectivity index (χ3n) is 5.44. The third-order valence-corrected chi connectivity index (χ3v) is 5.44. The smallest absolute Gasteiger partial charge is 0.279 e. The van der Waals surface area contributed by atoms with Gasteiger partial charge in [-0.1, -0.05) is 52.0 Å². The molecule has 2 aromatic carbocycles. The lowest BCUT2D eigenvalue weighted by molar-refractivity contribution is -0.692. The fraction of sp³-hybridized carbons (Fsp3) is 0.417. The fourth-order valence-corrected chi connectivity index (χ4v) is 3.37. The highest BCUT2D eigenvalue weighted by Gasteiger charge is 2.21. The topological polar surface area (TPSA) is 74.8 Å². The zero-order chi connectivity index (χ0) is 21.4. The highest BCUT2D eigenvalue weighted by Crippen LogP contribution is 2.23. The summed E-state index contributed by atoms with van der Waals surface area (Å²) in [5, 5.41) is 7.58. The van der Waals surface area contributed by atoms with Crippen molar-refractivity contribution in [3.8, 4) is 0 Å². The van der Waals surface area contributed by atoms with Crippen molar-refractivity contribution in [1.82, 2.24) is 5.32 Å². The standard InChI is InChI=1S/C24H33N3O2/c1-6-17(4)18-7-9-19(10-8-18)23(16(2)3)26-15-22(28)27-21-13-11-20(12-14-21)24(29)25-5/h7-14,16-17,23,26H,6,15H2,1-5H3,(H,25,29)(H,27,28)/p+1/t17-,23-/m1/s1. The summed E-state index contributed by atoms with van der Waals surface area (Å²) < 4.78 is 0. The lowest BCUT2D eigenvalue weighted by Crippen LogP contribution is -2.88. The van der Waals surface area contributed by atoms with Gasteiger partial charge in [-0.3, -0.25) is 9.59 Å². The molecule has 4 N–H and O–H groups in total. The van der Waals surface area contributed by atoms with Crippen molar-refractivity contribution in [2.24, 2.45) is 5.92 Å². The first-order valence-corrected chi connectivity index (χ1v) is 10.4. The fourth-order valence-electron chi connectivity index (χ4n) is 3.37. The molecule has 5 heteroatoms. The second kappa shape index (κ2) is 10.8. The number of hydrogen-bond donors (Lipinski definition) is 3. The van der Waals surface area contributed by atoms with Gasteiger partial charge in [-0.15, -0.1) is 0 Å². The van der Waals surface area contributed by atoms with Crippen LogP contribution < -0.4 is 16.0 Å². The lowest BCUT2D eigenvalue weighted by Gasteiger charge is -2.20. The Morgan fingerprint density at radius 1 is 0.931 bits per heavy atom. The van der Waals surface area contributed by atoms with E-state index in [2.05, 4.69) is 67.9 Å².